The van der Waals surface area contributed by atoms with E-state index in [2.05, 4.69) is 16.0 Å². The first-order chi connectivity index (χ1) is 21.1. The lowest BCUT2D eigenvalue weighted by Gasteiger charge is -2.34. The third kappa shape index (κ3) is 8.38. The zero-order valence-electron chi connectivity index (χ0n) is 25.2. The van der Waals surface area contributed by atoms with Crippen molar-refractivity contribution in [3.63, 3.8) is 0 Å². The summed E-state index contributed by atoms with van der Waals surface area (Å²) < 4.78 is 24.9. The van der Waals surface area contributed by atoms with Gasteiger partial charge in [0.05, 0.1) is 32.7 Å². The number of methoxy groups -OCH3 is 1. The van der Waals surface area contributed by atoms with Gasteiger partial charge in [0.15, 0.2) is 0 Å². The van der Waals surface area contributed by atoms with Gasteiger partial charge in [-0.15, -0.1) is 0 Å². The zero-order valence-corrected chi connectivity index (χ0v) is 25.2. The first-order valence-corrected chi connectivity index (χ1v) is 14.3. The normalized spacial score (nSPS) is 17.1. The number of hydrogen-bond acceptors (Lipinski definition) is 6. The minimum absolute atomic E-state index is 0.0258. The number of anilines is 3. The number of halogens is 1. The number of amides is 5. The second kappa shape index (κ2) is 14.6. The number of fused-ring (bicyclic) bond motifs is 1. The predicted octanol–water partition coefficient (Wildman–Crippen LogP) is 4.79. The number of urea groups is 2. The van der Waals surface area contributed by atoms with Crippen molar-refractivity contribution in [1.29, 1.82) is 0 Å². The fourth-order valence-electron chi connectivity index (χ4n) is 4.80. The van der Waals surface area contributed by atoms with Crippen molar-refractivity contribution in [1.82, 2.24) is 9.80 Å². The number of rotatable bonds is 8. The largest absolute Gasteiger partial charge is 0.497 e. The molecule has 0 aliphatic carbocycles. The fourth-order valence-corrected chi connectivity index (χ4v) is 4.80. The van der Waals surface area contributed by atoms with Crippen LogP contribution in [0.25, 0.3) is 0 Å². The maximum absolute atomic E-state index is 13.5. The molecule has 4 rings (SSSR count). The van der Waals surface area contributed by atoms with E-state index in [1.54, 1.807) is 68.4 Å². The highest BCUT2D eigenvalue weighted by Crippen LogP contribution is 2.29. The standard InChI is InChI=1S/C32H38FN5O6/c1-20-17-38(21(2)19-39)30(40)16-22-15-26(35-31(41)34-24-7-5-23(33)6-8-24)11-14-28(22)44-29(20)18-37(3)32(42)36-25-9-12-27(43-4)13-10-25/h5-15,20-21,29,39H,16-19H2,1-4H3,(H,36,42)(H2,34,35,41)/t20-,21-,29+/m0/s1. The van der Waals surface area contributed by atoms with E-state index in [0.717, 1.165) is 0 Å². The fraction of sp³-hybridized carbons (Fsp3) is 0.344. The molecule has 1 aliphatic rings. The highest BCUT2D eigenvalue weighted by molar-refractivity contribution is 6.00. The number of carbonyl (C=O) groups excluding carboxylic acids is 3. The molecule has 0 saturated carbocycles. The van der Waals surface area contributed by atoms with Crippen LogP contribution in [-0.4, -0.2) is 78.9 Å². The SMILES string of the molecule is COc1ccc(NC(=O)N(C)C[C@H]2Oc3ccc(NC(=O)Nc4ccc(F)cc4)cc3CC(=O)N([C@@H](C)CO)C[C@@H]2C)cc1. The maximum Gasteiger partial charge on any atom is 0.323 e. The maximum atomic E-state index is 13.5. The van der Waals surface area contributed by atoms with Crippen LogP contribution < -0.4 is 25.4 Å². The second-order valence-corrected chi connectivity index (χ2v) is 10.8. The number of benzene rings is 3. The van der Waals surface area contributed by atoms with Gasteiger partial charge in [-0.2, -0.15) is 0 Å². The van der Waals surface area contributed by atoms with Gasteiger partial charge in [0.2, 0.25) is 5.91 Å². The van der Waals surface area contributed by atoms with E-state index in [9.17, 15) is 23.9 Å². The average Bonchev–Trinajstić information content (AvgIpc) is 3.05. The molecule has 0 unspecified atom stereocenters. The predicted molar refractivity (Wildman–Crippen MR) is 166 cm³/mol. The number of ether oxygens (including phenoxy) is 2. The van der Waals surface area contributed by atoms with Gasteiger partial charge in [-0.05, 0) is 73.7 Å². The van der Waals surface area contributed by atoms with Crippen molar-refractivity contribution < 1.29 is 33.4 Å². The summed E-state index contributed by atoms with van der Waals surface area (Å²) in [5, 5.41) is 18.1. The highest BCUT2D eigenvalue weighted by atomic mass is 19.1. The summed E-state index contributed by atoms with van der Waals surface area (Å²) in [4.78, 5) is 42.2. The Kier molecular flexibility index (Phi) is 10.6. The molecule has 0 aromatic heterocycles. The Hall–Kier alpha value is -4.84. The molecule has 0 radical (unpaired) electrons. The Labute approximate surface area is 255 Å². The third-order valence-electron chi connectivity index (χ3n) is 7.42. The monoisotopic (exact) mass is 607 g/mol. The molecule has 5 amide bonds. The van der Waals surface area contributed by atoms with Crippen molar-refractivity contribution in [2.24, 2.45) is 5.92 Å². The van der Waals surface area contributed by atoms with Crippen LogP contribution in [-0.2, 0) is 11.2 Å². The van der Waals surface area contributed by atoms with Crippen LogP contribution in [0.4, 0.5) is 31.0 Å². The number of aliphatic hydroxyl groups excluding tert-OH is 1. The average molecular weight is 608 g/mol. The van der Waals surface area contributed by atoms with Crippen LogP contribution in [0.3, 0.4) is 0 Å². The zero-order chi connectivity index (χ0) is 31.8. The quantitative estimate of drug-likeness (QED) is 0.291. The lowest BCUT2D eigenvalue weighted by atomic mass is 10.0. The number of carbonyl (C=O) groups is 3. The molecule has 1 heterocycles. The summed E-state index contributed by atoms with van der Waals surface area (Å²) >= 11 is 0. The molecule has 0 spiro atoms. The Morgan fingerprint density at radius 1 is 1.05 bits per heavy atom. The molecule has 3 aromatic rings. The molecule has 11 nitrogen and oxygen atoms in total. The Morgan fingerprint density at radius 3 is 2.32 bits per heavy atom. The van der Waals surface area contributed by atoms with Gasteiger partial charge in [0.25, 0.3) is 0 Å². The molecule has 1 aliphatic heterocycles. The molecule has 0 saturated heterocycles. The summed E-state index contributed by atoms with van der Waals surface area (Å²) in [7, 11) is 3.23. The molecule has 234 valence electrons. The number of hydrogen-bond donors (Lipinski definition) is 4. The van der Waals surface area contributed by atoms with Gasteiger partial charge in [0, 0.05) is 42.1 Å². The molecule has 44 heavy (non-hydrogen) atoms. The third-order valence-corrected chi connectivity index (χ3v) is 7.42. The number of likely N-dealkylation sites (N-methyl/N-ethyl adjacent to an activating group) is 1. The van der Waals surface area contributed by atoms with Crippen molar-refractivity contribution in [2.45, 2.75) is 32.4 Å². The van der Waals surface area contributed by atoms with Crippen LogP contribution in [0.1, 0.15) is 19.4 Å². The van der Waals surface area contributed by atoms with Crippen LogP contribution >= 0.6 is 0 Å². The summed E-state index contributed by atoms with van der Waals surface area (Å²) in [5.74, 6) is 0.282. The summed E-state index contributed by atoms with van der Waals surface area (Å²) in [5.41, 5.74) is 1.97. The minimum Gasteiger partial charge on any atom is -0.497 e. The van der Waals surface area contributed by atoms with Gasteiger partial charge in [-0.1, -0.05) is 6.92 Å². The molecular formula is C32H38FN5O6. The van der Waals surface area contributed by atoms with Gasteiger partial charge in [0.1, 0.15) is 23.4 Å². The lowest BCUT2D eigenvalue weighted by Crippen LogP contribution is -2.48. The number of nitrogens with zero attached hydrogens (tertiary/aromatic N) is 2. The topological polar surface area (TPSA) is 132 Å². The summed E-state index contributed by atoms with van der Waals surface area (Å²) in [6.45, 7) is 4.00. The lowest BCUT2D eigenvalue weighted by molar-refractivity contribution is -0.134. The molecular weight excluding hydrogens is 569 g/mol. The van der Waals surface area contributed by atoms with E-state index < -0.39 is 24.0 Å². The molecule has 3 aromatic carbocycles. The van der Waals surface area contributed by atoms with E-state index in [1.165, 1.54) is 29.2 Å². The van der Waals surface area contributed by atoms with Crippen molar-refractivity contribution in [2.75, 3.05) is 49.8 Å². The van der Waals surface area contributed by atoms with Crippen molar-refractivity contribution in [3.05, 3.63) is 78.1 Å². The second-order valence-electron chi connectivity index (χ2n) is 10.8. The van der Waals surface area contributed by atoms with E-state index in [1.807, 2.05) is 6.92 Å². The van der Waals surface area contributed by atoms with Gasteiger partial charge < -0.3 is 40.3 Å². The van der Waals surface area contributed by atoms with Crippen molar-refractivity contribution >= 4 is 35.0 Å². The van der Waals surface area contributed by atoms with Crippen LogP contribution in [0, 0.1) is 11.7 Å². The Morgan fingerprint density at radius 2 is 1.66 bits per heavy atom. The molecule has 12 heteroatoms. The van der Waals surface area contributed by atoms with Crippen molar-refractivity contribution in [3.8, 4) is 11.5 Å². The molecule has 3 atom stereocenters. The van der Waals surface area contributed by atoms with E-state index in [4.69, 9.17) is 9.47 Å². The molecule has 0 bridgehead atoms. The van der Waals surface area contributed by atoms with Gasteiger partial charge >= 0.3 is 12.1 Å². The smallest absolute Gasteiger partial charge is 0.323 e. The van der Waals surface area contributed by atoms with Crippen LogP contribution in [0.5, 0.6) is 11.5 Å². The van der Waals surface area contributed by atoms with E-state index in [-0.39, 0.29) is 37.4 Å². The molecule has 0 fully saturated rings. The van der Waals surface area contributed by atoms with E-state index in [0.29, 0.717) is 40.7 Å². The summed E-state index contributed by atoms with van der Waals surface area (Å²) in [6, 6.07) is 16.0. The number of nitrogens with one attached hydrogen (secondary N) is 3. The molecule has 4 N–H and O–H groups in total. The van der Waals surface area contributed by atoms with E-state index >= 15 is 0 Å². The first-order valence-electron chi connectivity index (χ1n) is 14.3. The Bertz CT molecular complexity index is 1450. The van der Waals surface area contributed by atoms with Gasteiger partial charge in [-0.3, -0.25) is 4.79 Å². The van der Waals surface area contributed by atoms with Crippen LogP contribution in [0.15, 0.2) is 66.7 Å². The van der Waals surface area contributed by atoms with Crippen LogP contribution in [0.2, 0.25) is 0 Å². The number of aliphatic hydroxyl groups is 1. The first kappa shape index (κ1) is 32.1. The summed E-state index contributed by atoms with van der Waals surface area (Å²) in [6.07, 6.45) is -0.539. The van der Waals surface area contributed by atoms with Gasteiger partial charge in [-0.25, -0.2) is 14.0 Å². The Balaban J connectivity index is 1.54. The highest BCUT2D eigenvalue weighted by Gasteiger charge is 2.32. The minimum atomic E-state index is -0.543.